The molecule has 0 saturated carbocycles. The fourth-order valence-corrected chi connectivity index (χ4v) is 3.22. The first-order valence-electron chi connectivity index (χ1n) is 10.00. The Bertz CT molecular complexity index is 1260. The average Bonchev–Trinajstić information content (AvgIpc) is 2.83. The Labute approximate surface area is 185 Å². The molecule has 3 aromatic carbocycles. The highest BCUT2D eigenvalue weighted by molar-refractivity contribution is 5.97. The molecule has 0 fully saturated rings. The number of anilines is 1. The summed E-state index contributed by atoms with van der Waals surface area (Å²) >= 11 is 0. The van der Waals surface area contributed by atoms with Gasteiger partial charge in [0.15, 0.2) is 0 Å². The highest BCUT2D eigenvalue weighted by Gasteiger charge is 2.26. The number of methoxy groups -OCH3 is 1. The molecule has 1 aromatic heterocycles. The normalized spacial score (nSPS) is 10.6. The number of esters is 1. The second-order valence-electron chi connectivity index (χ2n) is 7.10. The molecule has 32 heavy (non-hydrogen) atoms. The van der Waals surface area contributed by atoms with Gasteiger partial charge in [0.1, 0.15) is 12.3 Å². The first-order chi connectivity index (χ1) is 15.5. The number of fused-ring (bicyclic) bond motifs is 1. The lowest BCUT2D eigenvalue weighted by atomic mass is 10.0. The van der Waals surface area contributed by atoms with Gasteiger partial charge in [-0.05, 0) is 31.2 Å². The van der Waals surface area contributed by atoms with Crippen LogP contribution >= 0.6 is 0 Å². The molecular formula is C25H21N3O4. The molecular weight excluding hydrogens is 406 g/mol. The number of carbonyl (C=O) groups is 2. The zero-order valence-electron chi connectivity index (χ0n) is 17.7. The highest BCUT2D eigenvalue weighted by atomic mass is 16.6. The van der Waals surface area contributed by atoms with Crippen LogP contribution < -0.4 is 9.64 Å². The molecule has 4 aromatic rings. The van der Waals surface area contributed by atoms with Gasteiger partial charge in [0.05, 0.1) is 18.3 Å². The van der Waals surface area contributed by atoms with E-state index in [0.29, 0.717) is 17.0 Å². The molecule has 0 bridgehead atoms. The number of aryl methyl sites for hydroxylation is 1. The number of hydrogen-bond donors (Lipinski definition) is 0. The highest BCUT2D eigenvalue weighted by Crippen LogP contribution is 2.29. The van der Waals surface area contributed by atoms with E-state index in [4.69, 9.17) is 9.47 Å². The first-order valence-corrected chi connectivity index (χ1v) is 10.00. The van der Waals surface area contributed by atoms with Crippen molar-refractivity contribution in [2.75, 3.05) is 18.6 Å². The molecule has 7 nitrogen and oxygen atoms in total. The van der Waals surface area contributed by atoms with Crippen molar-refractivity contribution in [2.24, 2.45) is 0 Å². The summed E-state index contributed by atoms with van der Waals surface area (Å²) in [7, 11) is 1.25. The van der Waals surface area contributed by atoms with Crippen molar-refractivity contribution in [1.29, 1.82) is 0 Å². The Morgan fingerprint density at radius 2 is 1.59 bits per heavy atom. The lowest BCUT2D eigenvalue weighted by molar-refractivity contribution is -0.138. The van der Waals surface area contributed by atoms with Gasteiger partial charge in [-0.15, -0.1) is 0 Å². The number of hydrogen-bond acceptors (Lipinski definition) is 6. The van der Waals surface area contributed by atoms with Gasteiger partial charge in [0.2, 0.25) is 5.95 Å². The fraction of sp³-hybridized carbons (Fsp3) is 0.120. The maximum Gasteiger partial charge on any atom is 0.422 e. The number of carbonyl (C=O) groups excluding carboxylic acids is 2. The molecule has 1 amide bonds. The molecule has 160 valence electrons. The summed E-state index contributed by atoms with van der Waals surface area (Å²) in [6.07, 6.45) is -0.785. The molecule has 0 saturated heterocycles. The van der Waals surface area contributed by atoms with E-state index in [9.17, 15) is 9.59 Å². The molecule has 0 radical (unpaired) electrons. The van der Waals surface area contributed by atoms with Crippen LogP contribution in [0.2, 0.25) is 0 Å². The van der Waals surface area contributed by atoms with Crippen LogP contribution in [-0.4, -0.2) is 35.7 Å². The Kier molecular flexibility index (Phi) is 6.07. The van der Waals surface area contributed by atoms with Gasteiger partial charge in [0.25, 0.3) is 0 Å². The van der Waals surface area contributed by atoms with Gasteiger partial charge in [0, 0.05) is 10.9 Å². The second kappa shape index (κ2) is 9.26. The summed E-state index contributed by atoms with van der Waals surface area (Å²) in [4.78, 5) is 35.4. The van der Waals surface area contributed by atoms with Crippen LogP contribution in [-0.2, 0) is 9.53 Å². The number of ether oxygens (including phenoxy) is 2. The van der Waals surface area contributed by atoms with Crippen LogP contribution in [0.3, 0.4) is 0 Å². The van der Waals surface area contributed by atoms with Crippen LogP contribution in [0.5, 0.6) is 5.75 Å². The van der Waals surface area contributed by atoms with Crippen molar-refractivity contribution < 1.29 is 19.1 Å². The van der Waals surface area contributed by atoms with Gasteiger partial charge in [-0.1, -0.05) is 60.2 Å². The smallest absolute Gasteiger partial charge is 0.422 e. The lowest BCUT2D eigenvalue weighted by Gasteiger charge is -2.20. The maximum atomic E-state index is 13.0. The summed E-state index contributed by atoms with van der Waals surface area (Å²) in [5.74, 6) is -0.234. The van der Waals surface area contributed by atoms with E-state index in [-0.39, 0.29) is 5.95 Å². The van der Waals surface area contributed by atoms with Crippen molar-refractivity contribution in [3.8, 4) is 17.0 Å². The summed E-state index contributed by atoms with van der Waals surface area (Å²) in [6, 6.07) is 24.0. The standard InChI is InChI=1S/C25H21N3O4/c1-17-13-14-21-20(15-17)23(18-9-5-3-6-10-18)27-24(26-21)28(16-22(29)31-2)25(30)32-19-11-7-4-8-12-19/h3-15H,16H2,1-2H3. The largest absolute Gasteiger partial charge is 0.468 e. The van der Waals surface area contributed by atoms with E-state index in [1.165, 1.54) is 7.11 Å². The minimum Gasteiger partial charge on any atom is -0.468 e. The molecule has 0 atom stereocenters. The lowest BCUT2D eigenvalue weighted by Crippen LogP contribution is -2.39. The Morgan fingerprint density at radius 1 is 0.906 bits per heavy atom. The SMILES string of the molecule is COC(=O)CN(C(=O)Oc1ccccc1)c1nc(-c2ccccc2)c2cc(C)ccc2n1. The van der Waals surface area contributed by atoms with E-state index < -0.39 is 18.6 Å². The summed E-state index contributed by atoms with van der Waals surface area (Å²) in [5.41, 5.74) is 3.21. The molecule has 1 heterocycles. The molecule has 0 spiro atoms. The number of benzene rings is 3. The summed E-state index contributed by atoms with van der Waals surface area (Å²) in [5, 5.41) is 0.842. The van der Waals surface area contributed by atoms with Gasteiger partial charge < -0.3 is 9.47 Å². The van der Waals surface area contributed by atoms with Crippen molar-refractivity contribution in [1.82, 2.24) is 9.97 Å². The quantitative estimate of drug-likeness (QED) is 0.426. The molecule has 0 unspecified atom stereocenters. The van der Waals surface area contributed by atoms with Crippen LogP contribution in [0, 0.1) is 6.92 Å². The van der Waals surface area contributed by atoms with Crippen molar-refractivity contribution >= 4 is 28.9 Å². The molecule has 0 aliphatic heterocycles. The summed E-state index contributed by atoms with van der Waals surface area (Å²) in [6.45, 7) is 1.59. The van der Waals surface area contributed by atoms with Crippen molar-refractivity contribution in [2.45, 2.75) is 6.92 Å². The third kappa shape index (κ3) is 4.57. The molecule has 4 rings (SSSR count). The van der Waals surface area contributed by atoms with E-state index in [1.54, 1.807) is 24.3 Å². The Hall–Kier alpha value is -4.26. The van der Waals surface area contributed by atoms with Crippen molar-refractivity contribution in [3.63, 3.8) is 0 Å². The predicted molar refractivity (Wildman–Crippen MR) is 122 cm³/mol. The zero-order valence-corrected chi connectivity index (χ0v) is 17.7. The number of para-hydroxylation sites is 1. The summed E-state index contributed by atoms with van der Waals surface area (Å²) < 4.78 is 10.2. The number of nitrogens with zero attached hydrogens (tertiary/aromatic N) is 3. The van der Waals surface area contributed by atoms with Gasteiger partial charge in [-0.25, -0.2) is 19.7 Å². The maximum absolute atomic E-state index is 13.0. The van der Waals surface area contributed by atoms with Crippen LogP contribution in [0.15, 0.2) is 78.9 Å². The minimum atomic E-state index is -0.785. The van der Waals surface area contributed by atoms with Gasteiger partial charge >= 0.3 is 12.1 Å². The average molecular weight is 427 g/mol. The zero-order chi connectivity index (χ0) is 22.5. The molecule has 0 aliphatic carbocycles. The monoisotopic (exact) mass is 427 g/mol. The van der Waals surface area contributed by atoms with Crippen LogP contribution in [0.25, 0.3) is 22.2 Å². The molecule has 7 heteroatoms. The van der Waals surface area contributed by atoms with Crippen LogP contribution in [0.4, 0.5) is 10.7 Å². The number of amides is 1. The third-order valence-electron chi connectivity index (χ3n) is 4.81. The topological polar surface area (TPSA) is 81.6 Å². The van der Waals surface area contributed by atoms with E-state index in [0.717, 1.165) is 21.4 Å². The number of aromatic nitrogens is 2. The number of rotatable bonds is 5. The van der Waals surface area contributed by atoms with Gasteiger partial charge in [-0.2, -0.15) is 0 Å². The fourth-order valence-electron chi connectivity index (χ4n) is 3.22. The molecule has 0 N–H and O–H groups in total. The Morgan fingerprint density at radius 3 is 2.28 bits per heavy atom. The van der Waals surface area contributed by atoms with Gasteiger partial charge in [-0.3, -0.25) is 4.79 Å². The van der Waals surface area contributed by atoms with E-state index in [2.05, 4.69) is 9.97 Å². The molecule has 0 aliphatic rings. The second-order valence-corrected chi connectivity index (χ2v) is 7.10. The minimum absolute atomic E-state index is 0.0477. The van der Waals surface area contributed by atoms with E-state index in [1.807, 2.05) is 61.5 Å². The Balaban J connectivity index is 1.83. The van der Waals surface area contributed by atoms with Crippen LogP contribution in [0.1, 0.15) is 5.56 Å². The third-order valence-corrected chi connectivity index (χ3v) is 4.81. The first kappa shape index (κ1) is 21.0. The van der Waals surface area contributed by atoms with Crippen molar-refractivity contribution in [3.05, 3.63) is 84.4 Å². The predicted octanol–water partition coefficient (Wildman–Crippen LogP) is 4.78. The van der Waals surface area contributed by atoms with E-state index >= 15 is 0 Å².